The molecule has 3 aliphatic rings. The Hall–Kier alpha value is -1.88. The number of aliphatic hydroxyl groups excluding tert-OH is 1. The number of phenolic OH excluding ortho intramolecular Hbond substituents is 1. The van der Waals surface area contributed by atoms with E-state index in [0.717, 1.165) is 36.8 Å². The number of hydrogen-bond donors (Lipinski definition) is 2. The first-order chi connectivity index (χ1) is 13.2. The molecule has 5 nitrogen and oxygen atoms in total. The zero-order valence-corrected chi connectivity index (χ0v) is 17.1. The first-order valence-electron chi connectivity index (χ1n) is 10.3. The number of aromatic hydroxyl groups is 1. The van der Waals surface area contributed by atoms with Crippen LogP contribution in [0.4, 0.5) is 0 Å². The highest BCUT2D eigenvalue weighted by atomic mass is 16.5. The zero-order chi connectivity index (χ0) is 20.4. The first kappa shape index (κ1) is 19.4. The van der Waals surface area contributed by atoms with Crippen LogP contribution in [0.15, 0.2) is 12.1 Å². The molecule has 2 fully saturated rings. The van der Waals surface area contributed by atoms with Gasteiger partial charge in [-0.3, -0.25) is 9.59 Å². The fourth-order valence-electron chi connectivity index (χ4n) is 6.82. The van der Waals surface area contributed by atoms with E-state index in [4.69, 9.17) is 4.74 Å². The van der Waals surface area contributed by atoms with Gasteiger partial charge in [0.1, 0.15) is 11.6 Å². The summed E-state index contributed by atoms with van der Waals surface area (Å²) in [6.07, 6.45) is 3.18. The van der Waals surface area contributed by atoms with Crippen LogP contribution in [-0.2, 0) is 16.0 Å². The third-order valence-corrected chi connectivity index (χ3v) is 8.36. The van der Waals surface area contributed by atoms with Crippen molar-refractivity contribution >= 4 is 11.6 Å². The standard InChI is InChI=1S/C23H30O5/c1-12(24)23(13(2)25)11-14-9-18(26)19(28-4)10-16(14)15-7-8-22(3)17(21(15)23)5-6-20(22)27/h9-10,15,17,20-21,26-27H,5-8,11H2,1-4H3/t15-,17+,20-,21-,22+/m1/s1. The number of phenols is 1. The van der Waals surface area contributed by atoms with Gasteiger partial charge in [-0.1, -0.05) is 6.92 Å². The summed E-state index contributed by atoms with van der Waals surface area (Å²) in [4.78, 5) is 26.1. The van der Waals surface area contributed by atoms with Crippen molar-refractivity contribution in [2.24, 2.45) is 22.7 Å². The summed E-state index contributed by atoms with van der Waals surface area (Å²) < 4.78 is 5.34. The van der Waals surface area contributed by atoms with E-state index in [1.54, 1.807) is 6.07 Å². The lowest BCUT2D eigenvalue weighted by Gasteiger charge is -2.56. The molecule has 3 aliphatic carbocycles. The van der Waals surface area contributed by atoms with Crippen molar-refractivity contribution < 1.29 is 24.5 Å². The minimum absolute atomic E-state index is 0.0395. The highest BCUT2D eigenvalue weighted by Crippen LogP contribution is 2.65. The number of rotatable bonds is 3. The van der Waals surface area contributed by atoms with E-state index in [0.29, 0.717) is 12.2 Å². The smallest absolute Gasteiger partial charge is 0.160 e. The molecule has 0 heterocycles. The molecule has 0 aromatic heterocycles. The van der Waals surface area contributed by atoms with Crippen LogP contribution in [0, 0.1) is 22.7 Å². The summed E-state index contributed by atoms with van der Waals surface area (Å²) in [6.45, 7) is 5.19. The van der Waals surface area contributed by atoms with E-state index < -0.39 is 5.41 Å². The lowest BCUT2D eigenvalue weighted by Crippen LogP contribution is -2.57. The van der Waals surface area contributed by atoms with Crippen LogP contribution in [0.25, 0.3) is 0 Å². The van der Waals surface area contributed by atoms with Gasteiger partial charge in [0.15, 0.2) is 11.5 Å². The average Bonchev–Trinajstić information content (AvgIpc) is 2.94. The highest BCUT2D eigenvalue weighted by Gasteiger charge is 2.64. The highest BCUT2D eigenvalue weighted by molar-refractivity contribution is 6.06. The van der Waals surface area contributed by atoms with Crippen LogP contribution in [-0.4, -0.2) is 35.0 Å². The normalized spacial score (nSPS) is 35.5. The number of ketones is 2. The number of fused-ring (bicyclic) bond motifs is 5. The maximum Gasteiger partial charge on any atom is 0.160 e. The predicted molar refractivity (Wildman–Crippen MR) is 104 cm³/mol. The first-order valence-corrected chi connectivity index (χ1v) is 10.3. The van der Waals surface area contributed by atoms with Gasteiger partial charge in [0.05, 0.1) is 18.6 Å². The molecular weight excluding hydrogens is 356 g/mol. The van der Waals surface area contributed by atoms with Gasteiger partial charge in [-0.15, -0.1) is 0 Å². The molecule has 1 aromatic rings. The summed E-state index contributed by atoms with van der Waals surface area (Å²) in [5.74, 6) is 0.327. The molecular formula is C23H30O5. The second-order valence-corrected chi connectivity index (χ2v) is 9.36. The van der Waals surface area contributed by atoms with Crippen molar-refractivity contribution in [3.05, 3.63) is 23.3 Å². The van der Waals surface area contributed by atoms with E-state index in [1.165, 1.54) is 21.0 Å². The van der Waals surface area contributed by atoms with Gasteiger partial charge >= 0.3 is 0 Å². The molecule has 152 valence electrons. The predicted octanol–water partition coefficient (Wildman–Crippen LogP) is 3.39. The zero-order valence-electron chi connectivity index (χ0n) is 17.1. The molecule has 1 aromatic carbocycles. The fraction of sp³-hybridized carbons (Fsp3) is 0.652. The van der Waals surface area contributed by atoms with Gasteiger partial charge in [0.2, 0.25) is 0 Å². The molecule has 2 saturated carbocycles. The lowest BCUT2D eigenvalue weighted by atomic mass is 9.46. The van der Waals surface area contributed by atoms with E-state index >= 15 is 0 Å². The number of benzene rings is 1. The number of carbonyl (C=O) groups excluding carboxylic acids is 2. The fourth-order valence-corrected chi connectivity index (χ4v) is 6.82. The summed E-state index contributed by atoms with van der Waals surface area (Å²) in [5.41, 5.74) is 0.610. The van der Waals surface area contributed by atoms with Gasteiger partial charge in [-0.05, 0) is 92.4 Å². The van der Waals surface area contributed by atoms with Crippen LogP contribution in [0.3, 0.4) is 0 Å². The monoisotopic (exact) mass is 386 g/mol. The number of carbonyl (C=O) groups is 2. The van der Waals surface area contributed by atoms with Gasteiger partial charge in [0, 0.05) is 0 Å². The third kappa shape index (κ3) is 2.35. The van der Waals surface area contributed by atoms with Crippen molar-refractivity contribution in [1.29, 1.82) is 0 Å². The minimum atomic E-state index is -1.09. The van der Waals surface area contributed by atoms with Crippen molar-refractivity contribution in [1.82, 2.24) is 0 Å². The Morgan fingerprint density at radius 2 is 1.82 bits per heavy atom. The van der Waals surface area contributed by atoms with E-state index in [-0.39, 0.29) is 46.6 Å². The van der Waals surface area contributed by atoms with Crippen LogP contribution >= 0.6 is 0 Å². The second kappa shape index (κ2) is 6.31. The topological polar surface area (TPSA) is 83.8 Å². The lowest BCUT2D eigenvalue weighted by molar-refractivity contribution is -0.151. The number of hydrogen-bond acceptors (Lipinski definition) is 5. The van der Waals surface area contributed by atoms with E-state index in [9.17, 15) is 19.8 Å². The Balaban J connectivity index is 1.95. The summed E-state index contributed by atoms with van der Waals surface area (Å²) in [6, 6.07) is 3.56. The molecule has 0 unspecified atom stereocenters. The van der Waals surface area contributed by atoms with Crippen molar-refractivity contribution in [3.8, 4) is 11.5 Å². The van der Waals surface area contributed by atoms with E-state index in [1.807, 2.05) is 6.07 Å². The minimum Gasteiger partial charge on any atom is -0.504 e. The van der Waals surface area contributed by atoms with Crippen molar-refractivity contribution in [2.45, 2.75) is 64.9 Å². The second-order valence-electron chi connectivity index (χ2n) is 9.36. The molecule has 28 heavy (non-hydrogen) atoms. The largest absolute Gasteiger partial charge is 0.504 e. The SMILES string of the molecule is COc1cc2c(cc1O)CC(C(C)=O)(C(C)=O)[C@@H]1[C@@H]2CC[C@]2(C)[C@H](O)CC[C@@H]12. The summed E-state index contributed by atoms with van der Waals surface area (Å²) >= 11 is 0. The molecule has 5 atom stereocenters. The summed E-state index contributed by atoms with van der Waals surface area (Å²) in [5, 5.41) is 21.0. The molecule has 0 aliphatic heterocycles. The number of Topliss-reactive ketones (excluding diaryl/α,β-unsaturated/α-hetero) is 2. The third-order valence-electron chi connectivity index (χ3n) is 8.36. The Bertz CT molecular complexity index is 830. The number of ether oxygens (including phenoxy) is 1. The molecule has 0 saturated heterocycles. The molecule has 0 radical (unpaired) electrons. The Kier molecular flexibility index (Phi) is 4.38. The summed E-state index contributed by atoms with van der Waals surface area (Å²) in [7, 11) is 1.53. The quantitative estimate of drug-likeness (QED) is 0.778. The molecule has 5 heteroatoms. The Morgan fingerprint density at radius 3 is 2.43 bits per heavy atom. The van der Waals surface area contributed by atoms with Crippen LogP contribution in [0.2, 0.25) is 0 Å². The van der Waals surface area contributed by atoms with Gasteiger partial charge < -0.3 is 14.9 Å². The van der Waals surface area contributed by atoms with Crippen LogP contribution in [0.5, 0.6) is 11.5 Å². The maximum atomic E-state index is 13.0. The molecule has 2 N–H and O–H groups in total. The molecule has 4 rings (SSSR count). The van der Waals surface area contributed by atoms with Crippen molar-refractivity contribution in [3.63, 3.8) is 0 Å². The van der Waals surface area contributed by atoms with Crippen molar-refractivity contribution in [2.75, 3.05) is 7.11 Å². The Morgan fingerprint density at radius 1 is 1.14 bits per heavy atom. The van der Waals surface area contributed by atoms with Crippen LogP contribution in [0.1, 0.15) is 63.5 Å². The Labute approximate surface area is 166 Å². The molecule has 0 bridgehead atoms. The van der Waals surface area contributed by atoms with E-state index in [2.05, 4.69) is 6.92 Å². The van der Waals surface area contributed by atoms with Gasteiger partial charge in [-0.25, -0.2) is 0 Å². The molecule has 0 spiro atoms. The average molecular weight is 386 g/mol. The van der Waals surface area contributed by atoms with Crippen LogP contribution < -0.4 is 4.74 Å². The number of aliphatic hydroxyl groups is 1. The molecule has 0 amide bonds. The number of methoxy groups -OCH3 is 1. The maximum absolute atomic E-state index is 13.0. The van der Waals surface area contributed by atoms with Gasteiger partial charge in [0.25, 0.3) is 0 Å². The van der Waals surface area contributed by atoms with Gasteiger partial charge in [-0.2, -0.15) is 0 Å².